The van der Waals surface area contributed by atoms with Gasteiger partial charge in [-0.3, -0.25) is 4.98 Å². The maximum absolute atomic E-state index is 5.77. The Bertz CT molecular complexity index is 1040. The van der Waals surface area contributed by atoms with Crippen LogP contribution in [0.25, 0.3) is 5.82 Å². The van der Waals surface area contributed by atoms with Gasteiger partial charge in [0, 0.05) is 30.3 Å². The van der Waals surface area contributed by atoms with Crippen LogP contribution in [0.5, 0.6) is 0 Å². The molecule has 5 nitrogen and oxygen atoms in total. The summed E-state index contributed by atoms with van der Waals surface area (Å²) < 4.78 is 2.24. The summed E-state index contributed by atoms with van der Waals surface area (Å²) in [7, 11) is 0. The minimum absolute atomic E-state index is 0.0115. The minimum atomic E-state index is 0.0115. The summed E-state index contributed by atoms with van der Waals surface area (Å²) in [4.78, 5) is 11.6. The van der Waals surface area contributed by atoms with Crippen molar-refractivity contribution in [2.45, 2.75) is 46.7 Å². The molecule has 0 aromatic carbocycles. The molecular weight excluding hydrogens is 390 g/mol. The molecule has 0 bridgehead atoms. The van der Waals surface area contributed by atoms with Crippen LogP contribution in [-0.4, -0.2) is 31.1 Å². The summed E-state index contributed by atoms with van der Waals surface area (Å²) >= 11 is 5.77. The van der Waals surface area contributed by atoms with Crippen molar-refractivity contribution >= 4 is 17.3 Å². The third kappa shape index (κ3) is 3.72. The van der Waals surface area contributed by atoms with E-state index in [1.807, 2.05) is 24.5 Å². The van der Waals surface area contributed by atoms with Gasteiger partial charge in [-0.05, 0) is 74.3 Å². The molecule has 1 aliphatic heterocycles. The van der Waals surface area contributed by atoms with Crippen molar-refractivity contribution in [3.05, 3.63) is 77.0 Å². The molecule has 2 atom stereocenters. The van der Waals surface area contributed by atoms with E-state index in [0.29, 0.717) is 5.92 Å². The fourth-order valence-corrected chi connectivity index (χ4v) is 4.68. The Kier molecular flexibility index (Phi) is 5.60. The van der Waals surface area contributed by atoms with Crippen molar-refractivity contribution in [2.24, 2.45) is 5.92 Å². The Hall–Kier alpha value is -2.73. The van der Waals surface area contributed by atoms with Crippen LogP contribution in [0.3, 0.4) is 0 Å². The average molecular weight is 420 g/mol. The summed E-state index contributed by atoms with van der Waals surface area (Å²) in [5.41, 5.74) is 5.79. The molecule has 0 spiro atoms. The van der Waals surface area contributed by atoms with E-state index < -0.39 is 0 Å². The van der Waals surface area contributed by atoms with Crippen molar-refractivity contribution in [3.63, 3.8) is 0 Å². The summed E-state index contributed by atoms with van der Waals surface area (Å²) in [6, 6.07) is 12.6. The average Bonchev–Trinajstić information content (AvgIpc) is 3.19. The molecule has 3 aromatic heterocycles. The van der Waals surface area contributed by atoms with Crippen molar-refractivity contribution in [3.8, 4) is 5.82 Å². The third-order valence-electron chi connectivity index (χ3n) is 5.67. The molecule has 1 aliphatic rings. The topological polar surface area (TPSA) is 46.0 Å². The van der Waals surface area contributed by atoms with E-state index in [-0.39, 0.29) is 12.1 Å². The van der Waals surface area contributed by atoms with Gasteiger partial charge >= 0.3 is 0 Å². The van der Waals surface area contributed by atoms with Crippen molar-refractivity contribution in [1.82, 2.24) is 24.8 Å². The normalized spacial score (nSPS) is 18.9. The van der Waals surface area contributed by atoms with Crippen LogP contribution in [0.1, 0.15) is 54.1 Å². The fraction of sp³-hybridized carbons (Fsp3) is 0.375. The molecule has 1 N–H and O–H groups in total. The van der Waals surface area contributed by atoms with E-state index in [4.69, 9.17) is 12.2 Å². The molecule has 0 amide bonds. The van der Waals surface area contributed by atoms with Gasteiger partial charge < -0.3 is 14.8 Å². The van der Waals surface area contributed by atoms with Crippen LogP contribution in [-0.2, 0) is 0 Å². The highest BCUT2D eigenvalue weighted by Crippen LogP contribution is 2.41. The first-order valence-electron chi connectivity index (χ1n) is 10.5. The maximum atomic E-state index is 5.77. The third-order valence-corrected chi connectivity index (χ3v) is 6.03. The van der Waals surface area contributed by atoms with Gasteiger partial charge in [-0.25, -0.2) is 4.98 Å². The number of nitrogens with one attached hydrogen (secondary N) is 1. The number of rotatable bonds is 5. The number of aryl methyl sites for hydroxylation is 2. The predicted molar refractivity (Wildman–Crippen MR) is 125 cm³/mol. The number of thiocarbonyl (C=S) groups is 1. The molecule has 3 aromatic rings. The van der Waals surface area contributed by atoms with E-state index in [1.54, 1.807) is 0 Å². The maximum Gasteiger partial charge on any atom is 0.170 e. The standard InChI is InChI=1S/C24H29N5S/c1-15(2)14-28-23(22(27-24(28)30)20-8-6-7-11-25-20)19-12-17(4)29(18(19)5)21-10-9-16(3)13-26-21/h6-13,15,22-23H,14H2,1-5H3,(H,27,30)/t22-,23-/m0/s1. The highest BCUT2D eigenvalue weighted by atomic mass is 32.1. The highest BCUT2D eigenvalue weighted by molar-refractivity contribution is 7.80. The van der Waals surface area contributed by atoms with Crippen LogP contribution in [0.4, 0.5) is 0 Å². The minimum Gasteiger partial charge on any atom is -0.352 e. The summed E-state index contributed by atoms with van der Waals surface area (Å²) in [5, 5.41) is 4.34. The molecule has 6 heteroatoms. The smallest absolute Gasteiger partial charge is 0.170 e. The lowest BCUT2D eigenvalue weighted by atomic mass is 9.96. The predicted octanol–water partition coefficient (Wildman–Crippen LogP) is 4.82. The fourth-order valence-electron chi connectivity index (χ4n) is 4.37. The molecule has 0 radical (unpaired) electrons. The number of nitrogens with zero attached hydrogens (tertiary/aromatic N) is 4. The molecule has 1 fully saturated rings. The monoisotopic (exact) mass is 419 g/mol. The summed E-state index contributed by atoms with van der Waals surface area (Å²) in [5.74, 6) is 1.44. The zero-order valence-electron chi connectivity index (χ0n) is 18.3. The first-order valence-corrected chi connectivity index (χ1v) is 10.9. The molecule has 4 heterocycles. The van der Waals surface area contributed by atoms with E-state index in [2.05, 4.69) is 83.6 Å². The lowest BCUT2D eigenvalue weighted by Crippen LogP contribution is -2.33. The lowest BCUT2D eigenvalue weighted by molar-refractivity contribution is 0.287. The van der Waals surface area contributed by atoms with Gasteiger partial charge in [0.1, 0.15) is 5.82 Å². The van der Waals surface area contributed by atoms with E-state index >= 15 is 0 Å². The molecule has 0 saturated carbocycles. The lowest BCUT2D eigenvalue weighted by Gasteiger charge is -2.29. The first kappa shape index (κ1) is 20.5. The van der Waals surface area contributed by atoms with Crippen molar-refractivity contribution in [1.29, 1.82) is 0 Å². The summed E-state index contributed by atoms with van der Waals surface area (Å²) in [6.45, 7) is 11.7. The molecule has 4 rings (SSSR count). The number of hydrogen-bond donors (Lipinski definition) is 1. The van der Waals surface area contributed by atoms with E-state index in [1.165, 1.54) is 17.0 Å². The largest absolute Gasteiger partial charge is 0.352 e. The zero-order valence-corrected chi connectivity index (χ0v) is 19.1. The van der Waals surface area contributed by atoms with Gasteiger partial charge in [0.2, 0.25) is 0 Å². The second-order valence-electron chi connectivity index (χ2n) is 8.53. The molecular formula is C24H29N5S. The van der Waals surface area contributed by atoms with Crippen molar-refractivity contribution in [2.75, 3.05) is 6.54 Å². The van der Waals surface area contributed by atoms with E-state index in [9.17, 15) is 0 Å². The number of pyridine rings is 2. The quantitative estimate of drug-likeness (QED) is 0.601. The SMILES string of the molecule is Cc1ccc(-n2c(C)cc([C@H]3[C@H](c4ccccn4)NC(=S)N3CC(C)C)c2C)nc1. The van der Waals surface area contributed by atoms with Crippen LogP contribution in [0.2, 0.25) is 0 Å². The van der Waals surface area contributed by atoms with Crippen LogP contribution in [0.15, 0.2) is 48.8 Å². The Morgan fingerprint density at radius 2 is 1.90 bits per heavy atom. The van der Waals surface area contributed by atoms with Gasteiger partial charge in [-0.2, -0.15) is 0 Å². The Labute approximate surface area is 184 Å². The molecule has 0 aliphatic carbocycles. The highest BCUT2D eigenvalue weighted by Gasteiger charge is 2.41. The van der Waals surface area contributed by atoms with Crippen LogP contribution in [0, 0.1) is 26.7 Å². The number of hydrogen-bond acceptors (Lipinski definition) is 3. The molecule has 1 saturated heterocycles. The van der Waals surface area contributed by atoms with Crippen molar-refractivity contribution < 1.29 is 0 Å². The number of aromatic nitrogens is 3. The molecule has 0 unspecified atom stereocenters. The van der Waals surface area contributed by atoms with Gasteiger partial charge in [0.25, 0.3) is 0 Å². The van der Waals surface area contributed by atoms with Gasteiger partial charge in [0.15, 0.2) is 5.11 Å². The summed E-state index contributed by atoms with van der Waals surface area (Å²) in [6.07, 6.45) is 3.77. The Balaban J connectivity index is 1.83. The zero-order chi connectivity index (χ0) is 21.4. The first-order chi connectivity index (χ1) is 14.4. The van der Waals surface area contributed by atoms with Crippen LogP contribution >= 0.6 is 12.2 Å². The van der Waals surface area contributed by atoms with Gasteiger partial charge in [-0.1, -0.05) is 26.0 Å². The van der Waals surface area contributed by atoms with Crippen LogP contribution < -0.4 is 5.32 Å². The second kappa shape index (κ2) is 8.19. The molecule has 30 heavy (non-hydrogen) atoms. The molecule has 156 valence electrons. The second-order valence-corrected chi connectivity index (χ2v) is 8.92. The Morgan fingerprint density at radius 3 is 2.53 bits per heavy atom. The van der Waals surface area contributed by atoms with Gasteiger partial charge in [-0.15, -0.1) is 0 Å². The van der Waals surface area contributed by atoms with E-state index in [0.717, 1.165) is 28.7 Å². The Morgan fingerprint density at radius 1 is 1.10 bits per heavy atom. The van der Waals surface area contributed by atoms with Gasteiger partial charge in [0.05, 0.1) is 17.8 Å².